The molecule has 0 saturated carbocycles. The van der Waals surface area contributed by atoms with E-state index in [0.29, 0.717) is 0 Å². The highest BCUT2D eigenvalue weighted by Gasteiger charge is 2.29. The Morgan fingerprint density at radius 2 is 1.92 bits per heavy atom. The van der Waals surface area contributed by atoms with E-state index in [2.05, 4.69) is 37.8 Å². The van der Waals surface area contributed by atoms with Crippen LogP contribution in [0, 0.1) is 11.3 Å². The first-order valence-corrected chi connectivity index (χ1v) is 9.53. The molecule has 1 aromatic carbocycles. The molecule has 0 aliphatic carbocycles. The second kappa shape index (κ2) is 7.26. The molecule has 0 spiro atoms. The second-order valence-corrected chi connectivity index (χ2v) is 8.67. The highest BCUT2D eigenvalue weighted by Crippen LogP contribution is 2.29. The molecule has 2 saturated heterocycles. The van der Waals surface area contributed by atoms with Crippen LogP contribution in [-0.2, 0) is 6.54 Å². The first-order chi connectivity index (χ1) is 11.4. The first-order valence-electron chi connectivity index (χ1n) is 9.53. The van der Waals surface area contributed by atoms with Crippen LogP contribution in [0.15, 0.2) is 24.3 Å². The molecular formula is C21H32N2O. The van der Waals surface area contributed by atoms with Crippen LogP contribution in [0.1, 0.15) is 62.4 Å². The molecule has 1 amide bonds. The van der Waals surface area contributed by atoms with Gasteiger partial charge in [-0.25, -0.2) is 0 Å². The van der Waals surface area contributed by atoms with E-state index in [1.54, 1.807) is 0 Å². The maximum Gasteiger partial charge on any atom is 0.253 e. The van der Waals surface area contributed by atoms with Crippen LogP contribution in [0.3, 0.4) is 0 Å². The van der Waals surface area contributed by atoms with Gasteiger partial charge in [0.25, 0.3) is 5.91 Å². The van der Waals surface area contributed by atoms with E-state index in [1.165, 1.54) is 37.9 Å². The molecule has 1 atom stereocenters. The summed E-state index contributed by atoms with van der Waals surface area (Å²) in [6.07, 6.45) is 4.99. The summed E-state index contributed by atoms with van der Waals surface area (Å²) >= 11 is 0. The third-order valence-corrected chi connectivity index (χ3v) is 5.54. The van der Waals surface area contributed by atoms with Crippen molar-refractivity contribution in [2.75, 3.05) is 26.2 Å². The fraction of sp³-hybridized carbons (Fsp3) is 0.667. The Hall–Kier alpha value is -1.35. The lowest BCUT2D eigenvalue weighted by atomic mass is 9.84. The Morgan fingerprint density at radius 3 is 2.58 bits per heavy atom. The van der Waals surface area contributed by atoms with Gasteiger partial charge in [0.2, 0.25) is 0 Å². The summed E-state index contributed by atoms with van der Waals surface area (Å²) in [5.41, 5.74) is 2.40. The van der Waals surface area contributed by atoms with Crippen molar-refractivity contribution >= 4 is 5.91 Å². The Labute approximate surface area is 147 Å². The summed E-state index contributed by atoms with van der Waals surface area (Å²) in [5.74, 6) is 1.00. The molecule has 0 aromatic heterocycles. The molecule has 2 aliphatic rings. The number of benzene rings is 1. The third-order valence-electron chi connectivity index (χ3n) is 5.54. The van der Waals surface area contributed by atoms with E-state index in [-0.39, 0.29) is 11.3 Å². The van der Waals surface area contributed by atoms with Crippen LogP contribution >= 0.6 is 0 Å². The minimum atomic E-state index is 0.195. The number of hydrogen-bond donors (Lipinski definition) is 0. The number of carbonyl (C=O) groups excluding carboxylic acids is 1. The lowest BCUT2D eigenvalue weighted by Gasteiger charge is -2.38. The topological polar surface area (TPSA) is 23.6 Å². The van der Waals surface area contributed by atoms with Gasteiger partial charge in [0, 0.05) is 31.7 Å². The highest BCUT2D eigenvalue weighted by atomic mass is 16.2. The average Bonchev–Trinajstić information content (AvgIpc) is 2.54. The van der Waals surface area contributed by atoms with Gasteiger partial charge in [0.05, 0.1) is 0 Å². The number of likely N-dealkylation sites (tertiary alicyclic amines) is 2. The van der Waals surface area contributed by atoms with E-state index in [9.17, 15) is 4.79 Å². The molecule has 3 rings (SSSR count). The van der Waals surface area contributed by atoms with Crippen molar-refractivity contribution in [2.45, 2.75) is 53.0 Å². The van der Waals surface area contributed by atoms with Gasteiger partial charge < -0.3 is 4.90 Å². The standard InChI is InChI=1S/C21H32N2O/c1-17-6-4-12-22(14-17)15-18-7-9-19(10-8-18)20(24)23-13-5-11-21(2,3)16-23/h7-10,17H,4-6,11-16H2,1-3H3/t17-/m1/s1. The van der Waals surface area contributed by atoms with E-state index in [0.717, 1.165) is 37.5 Å². The van der Waals surface area contributed by atoms with Crippen LogP contribution in [0.5, 0.6) is 0 Å². The van der Waals surface area contributed by atoms with Crippen molar-refractivity contribution in [3.63, 3.8) is 0 Å². The summed E-state index contributed by atoms with van der Waals surface area (Å²) in [4.78, 5) is 17.3. The fourth-order valence-electron chi connectivity index (χ4n) is 4.22. The van der Waals surface area contributed by atoms with Crippen LogP contribution < -0.4 is 0 Å². The number of amides is 1. The Morgan fingerprint density at radius 1 is 1.17 bits per heavy atom. The second-order valence-electron chi connectivity index (χ2n) is 8.67. The van der Waals surface area contributed by atoms with E-state index >= 15 is 0 Å². The molecule has 2 aliphatic heterocycles. The van der Waals surface area contributed by atoms with Gasteiger partial charge in [0.1, 0.15) is 0 Å². The SMILES string of the molecule is C[C@@H]1CCCN(Cc2ccc(C(=O)N3CCCC(C)(C)C3)cc2)C1. The zero-order valence-corrected chi connectivity index (χ0v) is 15.6. The lowest BCUT2D eigenvalue weighted by molar-refractivity contribution is 0.0583. The minimum absolute atomic E-state index is 0.195. The average molecular weight is 329 g/mol. The Balaban J connectivity index is 1.60. The zero-order chi connectivity index (χ0) is 17.2. The van der Waals surface area contributed by atoms with Gasteiger partial charge in [0.15, 0.2) is 0 Å². The summed E-state index contributed by atoms with van der Waals surface area (Å²) in [6, 6.07) is 8.32. The molecule has 2 heterocycles. The van der Waals surface area contributed by atoms with Crippen molar-refractivity contribution in [1.82, 2.24) is 9.80 Å². The first kappa shape index (κ1) is 17.5. The molecule has 1 aromatic rings. The van der Waals surface area contributed by atoms with Crippen LogP contribution in [0.2, 0.25) is 0 Å². The summed E-state index contributed by atoms with van der Waals surface area (Å²) in [7, 11) is 0. The Bertz CT molecular complexity index is 564. The van der Waals surface area contributed by atoms with Crippen LogP contribution in [0.4, 0.5) is 0 Å². The normalized spacial score (nSPS) is 24.8. The molecule has 0 unspecified atom stereocenters. The lowest BCUT2D eigenvalue weighted by Crippen LogP contribution is -2.43. The van der Waals surface area contributed by atoms with Gasteiger partial charge >= 0.3 is 0 Å². The molecule has 0 bridgehead atoms. The maximum absolute atomic E-state index is 12.7. The van der Waals surface area contributed by atoms with Gasteiger partial charge in [-0.3, -0.25) is 9.69 Å². The van der Waals surface area contributed by atoms with Crippen molar-refractivity contribution < 1.29 is 4.79 Å². The molecule has 3 heteroatoms. The predicted octanol–water partition coefficient (Wildman–Crippen LogP) is 4.18. The maximum atomic E-state index is 12.7. The predicted molar refractivity (Wildman–Crippen MR) is 99.0 cm³/mol. The van der Waals surface area contributed by atoms with Gasteiger partial charge in [-0.2, -0.15) is 0 Å². The largest absolute Gasteiger partial charge is 0.338 e. The monoisotopic (exact) mass is 328 g/mol. The Kier molecular flexibility index (Phi) is 5.29. The van der Waals surface area contributed by atoms with Crippen molar-refractivity contribution in [3.05, 3.63) is 35.4 Å². The minimum Gasteiger partial charge on any atom is -0.338 e. The van der Waals surface area contributed by atoms with Gasteiger partial charge in [-0.05, 0) is 61.3 Å². The summed E-state index contributed by atoms with van der Waals surface area (Å²) in [5, 5.41) is 0. The van der Waals surface area contributed by atoms with Gasteiger partial charge in [-0.1, -0.05) is 32.9 Å². The van der Waals surface area contributed by atoms with Crippen LogP contribution in [0.25, 0.3) is 0 Å². The van der Waals surface area contributed by atoms with Crippen molar-refractivity contribution in [1.29, 1.82) is 0 Å². The third kappa shape index (κ3) is 4.38. The molecule has 3 nitrogen and oxygen atoms in total. The number of rotatable bonds is 3. The molecule has 0 radical (unpaired) electrons. The number of piperidine rings is 2. The molecular weight excluding hydrogens is 296 g/mol. The van der Waals surface area contributed by atoms with Crippen LogP contribution in [-0.4, -0.2) is 41.9 Å². The molecule has 2 fully saturated rings. The van der Waals surface area contributed by atoms with E-state index in [1.807, 2.05) is 17.0 Å². The van der Waals surface area contributed by atoms with Crippen molar-refractivity contribution in [3.8, 4) is 0 Å². The molecule has 24 heavy (non-hydrogen) atoms. The summed E-state index contributed by atoms with van der Waals surface area (Å²) in [6.45, 7) is 12.0. The zero-order valence-electron chi connectivity index (χ0n) is 15.6. The number of hydrogen-bond acceptors (Lipinski definition) is 2. The quantitative estimate of drug-likeness (QED) is 0.831. The summed E-state index contributed by atoms with van der Waals surface area (Å²) < 4.78 is 0. The fourth-order valence-corrected chi connectivity index (χ4v) is 4.22. The van der Waals surface area contributed by atoms with E-state index in [4.69, 9.17) is 0 Å². The number of carbonyl (C=O) groups is 1. The highest BCUT2D eigenvalue weighted by molar-refractivity contribution is 5.94. The molecule has 132 valence electrons. The van der Waals surface area contributed by atoms with Crippen molar-refractivity contribution in [2.24, 2.45) is 11.3 Å². The number of nitrogens with zero attached hydrogens (tertiary/aromatic N) is 2. The van der Waals surface area contributed by atoms with E-state index < -0.39 is 0 Å². The smallest absolute Gasteiger partial charge is 0.253 e. The molecule has 0 N–H and O–H groups in total. The van der Waals surface area contributed by atoms with Gasteiger partial charge in [-0.15, -0.1) is 0 Å².